The van der Waals surface area contributed by atoms with Crippen LogP contribution in [0.2, 0.25) is 0 Å². The molecular formula is C18H26N4O5. The second-order valence-electron chi connectivity index (χ2n) is 7.19. The summed E-state index contributed by atoms with van der Waals surface area (Å²) in [6.07, 6.45) is 6.59. The maximum Gasteiger partial charge on any atom is 0.194 e. The highest BCUT2D eigenvalue weighted by atomic mass is 16.7. The van der Waals surface area contributed by atoms with Crippen LogP contribution < -0.4 is 33.3 Å². The van der Waals surface area contributed by atoms with Crippen molar-refractivity contribution in [2.45, 2.75) is 32.1 Å². The average Bonchev–Trinajstić information content (AvgIpc) is 2.70. The molecule has 0 aromatic heterocycles. The highest BCUT2D eigenvalue weighted by Gasteiger charge is 2.42. The van der Waals surface area contributed by atoms with Crippen LogP contribution in [-0.4, -0.2) is 5.48 Å². The van der Waals surface area contributed by atoms with E-state index in [4.69, 9.17) is 42.9 Å². The fraction of sp³-hybridized carbons (Fsp3) is 0.444. The van der Waals surface area contributed by atoms with Crippen molar-refractivity contribution in [2.75, 3.05) is 0 Å². The van der Waals surface area contributed by atoms with E-state index in [9.17, 15) is 0 Å². The van der Waals surface area contributed by atoms with E-state index in [0.717, 1.165) is 31.2 Å². The molecule has 1 fully saturated rings. The van der Waals surface area contributed by atoms with Gasteiger partial charge in [0.15, 0.2) is 23.0 Å². The number of benzene rings is 1. The molecule has 4 rings (SSSR count). The third-order valence-corrected chi connectivity index (χ3v) is 6.16. The van der Waals surface area contributed by atoms with Gasteiger partial charge in [-0.1, -0.05) is 11.6 Å². The van der Waals surface area contributed by atoms with Gasteiger partial charge in [-0.2, -0.15) is 23.6 Å². The van der Waals surface area contributed by atoms with Crippen molar-refractivity contribution >= 4 is 0 Å². The van der Waals surface area contributed by atoms with Gasteiger partial charge >= 0.3 is 0 Å². The molecule has 27 heavy (non-hydrogen) atoms. The van der Waals surface area contributed by atoms with Gasteiger partial charge < -0.3 is 24.8 Å². The van der Waals surface area contributed by atoms with Gasteiger partial charge in [0.1, 0.15) is 0 Å². The van der Waals surface area contributed by atoms with Crippen molar-refractivity contribution in [1.82, 2.24) is 0 Å². The molecule has 0 radical (unpaired) electrons. The summed E-state index contributed by atoms with van der Waals surface area (Å²) < 4.78 is 0. The Morgan fingerprint density at radius 3 is 2.37 bits per heavy atom. The number of nitrogens with two attached hydrogens (primary N) is 4. The zero-order valence-corrected chi connectivity index (χ0v) is 14.9. The summed E-state index contributed by atoms with van der Waals surface area (Å²) in [6, 6.07) is 3.85. The van der Waals surface area contributed by atoms with Gasteiger partial charge in [-0.15, -0.1) is 0 Å². The molecule has 3 unspecified atom stereocenters. The molecule has 10 N–H and O–H groups in total. The van der Waals surface area contributed by atoms with Crippen molar-refractivity contribution in [2.24, 2.45) is 41.3 Å². The SMILES string of the molecule is NOC1=C(ON)CC2C(=C1)CCC1Cc3c(ccc(ON)c3ON)CC12.O. The zero-order valence-electron chi connectivity index (χ0n) is 14.9. The van der Waals surface area contributed by atoms with Crippen LogP contribution in [0.15, 0.2) is 35.3 Å². The second kappa shape index (κ2) is 7.75. The molecule has 1 aromatic carbocycles. The monoisotopic (exact) mass is 378 g/mol. The van der Waals surface area contributed by atoms with Crippen LogP contribution >= 0.6 is 0 Å². The molecule has 9 nitrogen and oxygen atoms in total. The van der Waals surface area contributed by atoms with E-state index in [0.29, 0.717) is 47.2 Å². The molecule has 148 valence electrons. The number of hydrogen-bond acceptors (Lipinski definition) is 8. The number of allylic oxidation sites excluding steroid dienone is 3. The smallest absolute Gasteiger partial charge is 0.194 e. The van der Waals surface area contributed by atoms with Crippen LogP contribution in [0.25, 0.3) is 0 Å². The number of fused-ring (bicyclic) bond motifs is 4. The molecule has 3 atom stereocenters. The maximum absolute atomic E-state index is 5.48. The molecule has 0 spiro atoms. The molecule has 0 amide bonds. The summed E-state index contributed by atoms with van der Waals surface area (Å²) in [7, 11) is 0. The van der Waals surface area contributed by atoms with E-state index in [2.05, 4.69) is 0 Å². The third kappa shape index (κ3) is 3.13. The Labute approximate surface area is 157 Å². The Morgan fingerprint density at radius 2 is 1.70 bits per heavy atom. The molecule has 0 bridgehead atoms. The molecule has 1 aromatic rings. The summed E-state index contributed by atoms with van der Waals surface area (Å²) in [5.41, 5.74) is 3.67. The Bertz CT molecular complexity index is 779. The van der Waals surface area contributed by atoms with E-state index in [1.54, 1.807) is 6.07 Å². The van der Waals surface area contributed by atoms with Gasteiger partial charge in [-0.25, -0.2) is 0 Å². The van der Waals surface area contributed by atoms with Gasteiger partial charge in [0, 0.05) is 12.0 Å². The van der Waals surface area contributed by atoms with E-state index >= 15 is 0 Å². The van der Waals surface area contributed by atoms with Gasteiger partial charge in [0.2, 0.25) is 0 Å². The van der Waals surface area contributed by atoms with Crippen molar-refractivity contribution in [3.05, 3.63) is 46.4 Å². The number of hydrogen-bond donors (Lipinski definition) is 4. The van der Waals surface area contributed by atoms with Crippen LogP contribution in [0.4, 0.5) is 0 Å². The van der Waals surface area contributed by atoms with Crippen LogP contribution in [0.5, 0.6) is 11.5 Å². The van der Waals surface area contributed by atoms with E-state index in [-0.39, 0.29) is 5.48 Å². The largest absolute Gasteiger partial charge is 0.412 e. The van der Waals surface area contributed by atoms with Crippen LogP contribution in [0, 0.1) is 17.8 Å². The minimum absolute atomic E-state index is 0. The first-order valence-corrected chi connectivity index (χ1v) is 8.75. The molecular weight excluding hydrogens is 352 g/mol. The van der Waals surface area contributed by atoms with E-state index < -0.39 is 0 Å². The topological polar surface area (TPSA) is 172 Å². The average molecular weight is 378 g/mol. The molecule has 0 heterocycles. The second-order valence-corrected chi connectivity index (χ2v) is 7.19. The minimum Gasteiger partial charge on any atom is -0.412 e. The lowest BCUT2D eigenvalue weighted by Crippen LogP contribution is -2.38. The molecule has 9 heteroatoms. The Hall–Kier alpha value is -2.30. The van der Waals surface area contributed by atoms with Crippen LogP contribution in [-0.2, 0) is 22.5 Å². The lowest BCUT2D eigenvalue weighted by molar-refractivity contribution is 0.116. The molecule has 3 aliphatic rings. The lowest BCUT2D eigenvalue weighted by atomic mass is 9.60. The minimum atomic E-state index is 0. The predicted octanol–water partition coefficient (Wildman–Crippen LogP) is 0.430. The first kappa shape index (κ1) is 19.5. The van der Waals surface area contributed by atoms with Gasteiger partial charge in [-0.3, -0.25) is 0 Å². The van der Waals surface area contributed by atoms with Gasteiger partial charge in [0.25, 0.3) is 0 Å². The summed E-state index contributed by atoms with van der Waals surface area (Å²) >= 11 is 0. The fourth-order valence-corrected chi connectivity index (χ4v) is 4.93. The maximum atomic E-state index is 5.48. The van der Waals surface area contributed by atoms with E-state index in [1.165, 1.54) is 11.1 Å². The molecule has 0 saturated heterocycles. The van der Waals surface area contributed by atoms with Crippen molar-refractivity contribution < 1.29 is 24.8 Å². The van der Waals surface area contributed by atoms with Crippen molar-refractivity contribution in [3.8, 4) is 11.5 Å². The molecule has 1 saturated carbocycles. The quantitative estimate of drug-likeness (QED) is 0.546. The highest BCUT2D eigenvalue weighted by molar-refractivity contribution is 5.52. The molecule has 0 aliphatic heterocycles. The first-order chi connectivity index (χ1) is 12.7. The predicted molar refractivity (Wildman–Crippen MR) is 97.1 cm³/mol. The summed E-state index contributed by atoms with van der Waals surface area (Å²) in [4.78, 5) is 20.0. The normalized spacial score (nSPS) is 25.9. The lowest BCUT2D eigenvalue weighted by Gasteiger charge is -2.45. The van der Waals surface area contributed by atoms with Gasteiger partial charge in [0.05, 0.1) is 0 Å². The van der Waals surface area contributed by atoms with Crippen LogP contribution in [0.3, 0.4) is 0 Å². The van der Waals surface area contributed by atoms with Crippen molar-refractivity contribution in [3.63, 3.8) is 0 Å². The Balaban J connectivity index is 0.00000210. The highest BCUT2D eigenvalue weighted by Crippen LogP contribution is 2.51. The van der Waals surface area contributed by atoms with Gasteiger partial charge in [-0.05, 0) is 61.1 Å². The van der Waals surface area contributed by atoms with E-state index in [1.807, 2.05) is 12.1 Å². The van der Waals surface area contributed by atoms with Crippen LogP contribution in [0.1, 0.15) is 30.4 Å². The summed E-state index contributed by atoms with van der Waals surface area (Å²) in [6.45, 7) is 0. The standard InChI is InChI=1S/C18H24N4O4.H2O/c19-23-15-4-3-10-5-12-9(6-14(10)18(15)26-22)1-2-11-7-16(24-20)17(25-21)8-13(11)12;/h3-4,7,9,12-13H,1-2,5-6,8,19-22H2;1H2. The summed E-state index contributed by atoms with van der Waals surface area (Å²) in [5, 5.41) is 0. The Kier molecular flexibility index (Phi) is 5.59. The summed E-state index contributed by atoms with van der Waals surface area (Å²) in [5.74, 6) is 25.1. The third-order valence-electron chi connectivity index (χ3n) is 6.16. The first-order valence-electron chi connectivity index (χ1n) is 8.75. The number of rotatable bonds is 4. The zero-order chi connectivity index (χ0) is 18.3. The fourth-order valence-electron chi connectivity index (χ4n) is 4.93. The Morgan fingerprint density at radius 1 is 0.889 bits per heavy atom. The molecule has 3 aliphatic carbocycles. The van der Waals surface area contributed by atoms with Crippen molar-refractivity contribution in [1.29, 1.82) is 0 Å².